The summed E-state index contributed by atoms with van der Waals surface area (Å²) in [6.07, 6.45) is 0.804. The summed E-state index contributed by atoms with van der Waals surface area (Å²) in [5, 5.41) is 8.38. The van der Waals surface area contributed by atoms with E-state index in [-0.39, 0.29) is 23.9 Å². The van der Waals surface area contributed by atoms with E-state index < -0.39 is 6.03 Å². The summed E-state index contributed by atoms with van der Waals surface area (Å²) in [6, 6.07) is 16.9. The van der Waals surface area contributed by atoms with Crippen molar-refractivity contribution in [3.05, 3.63) is 65.7 Å². The van der Waals surface area contributed by atoms with E-state index in [2.05, 4.69) is 36.7 Å². The first-order valence-electron chi connectivity index (χ1n) is 9.19. The van der Waals surface area contributed by atoms with Crippen molar-refractivity contribution in [2.24, 2.45) is 5.41 Å². The molecule has 5 nitrogen and oxygen atoms in total. The van der Waals surface area contributed by atoms with E-state index in [0.29, 0.717) is 5.69 Å². The van der Waals surface area contributed by atoms with Crippen LogP contribution in [-0.2, 0) is 4.79 Å². The number of benzene rings is 2. The molecule has 0 aliphatic carbocycles. The second-order valence-corrected chi connectivity index (χ2v) is 7.97. The van der Waals surface area contributed by atoms with E-state index in [4.69, 9.17) is 0 Å². The van der Waals surface area contributed by atoms with Crippen molar-refractivity contribution in [3.8, 4) is 0 Å². The Morgan fingerprint density at radius 3 is 2.33 bits per heavy atom. The third-order valence-corrected chi connectivity index (χ3v) is 4.04. The number of nitrogens with one attached hydrogen (secondary N) is 3. The van der Waals surface area contributed by atoms with E-state index >= 15 is 0 Å². The molecular formula is C22H29N3O2. The van der Waals surface area contributed by atoms with Crippen molar-refractivity contribution < 1.29 is 9.59 Å². The molecule has 2 aromatic carbocycles. The molecule has 0 spiro atoms. The van der Waals surface area contributed by atoms with Gasteiger partial charge in [0, 0.05) is 5.69 Å². The van der Waals surface area contributed by atoms with Crippen LogP contribution in [0, 0.1) is 12.3 Å². The Bertz CT molecular complexity index is 767. The highest BCUT2D eigenvalue weighted by Crippen LogP contribution is 2.29. The number of urea groups is 1. The van der Waals surface area contributed by atoms with Gasteiger partial charge in [-0.3, -0.25) is 4.79 Å². The maximum absolute atomic E-state index is 12.4. The number of hydrogen-bond acceptors (Lipinski definition) is 2. The molecule has 0 fully saturated rings. The molecule has 27 heavy (non-hydrogen) atoms. The average molecular weight is 367 g/mol. The Labute approximate surface area is 161 Å². The van der Waals surface area contributed by atoms with Gasteiger partial charge in [-0.1, -0.05) is 63.2 Å². The number of aryl methyl sites for hydroxylation is 1. The lowest BCUT2D eigenvalue weighted by molar-refractivity contribution is -0.121. The minimum atomic E-state index is -0.400. The molecule has 2 aromatic rings. The van der Waals surface area contributed by atoms with Crippen LogP contribution in [-0.4, -0.2) is 18.5 Å². The van der Waals surface area contributed by atoms with E-state index in [1.807, 2.05) is 55.5 Å². The highest BCUT2D eigenvalue weighted by Gasteiger charge is 2.22. The zero-order chi connectivity index (χ0) is 19.9. The molecule has 3 N–H and O–H groups in total. The van der Waals surface area contributed by atoms with Crippen molar-refractivity contribution in [2.45, 2.75) is 40.2 Å². The minimum Gasteiger partial charge on any atom is -0.348 e. The molecule has 1 atom stereocenters. The summed E-state index contributed by atoms with van der Waals surface area (Å²) in [6.45, 7) is 8.30. The third kappa shape index (κ3) is 7.52. The number of anilines is 1. The molecule has 0 aliphatic heterocycles. The van der Waals surface area contributed by atoms with E-state index in [9.17, 15) is 9.59 Å². The van der Waals surface area contributed by atoms with Gasteiger partial charge in [-0.2, -0.15) is 0 Å². The number of carbonyl (C=O) groups excluding carboxylic acids is 2. The molecule has 0 bridgehead atoms. The van der Waals surface area contributed by atoms with Crippen LogP contribution in [0.1, 0.15) is 44.4 Å². The Morgan fingerprint density at radius 2 is 1.70 bits per heavy atom. The first kappa shape index (κ1) is 20.5. The third-order valence-electron chi connectivity index (χ3n) is 4.04. The second-order valence-electron chi connectivity index (χ2n) is 7.97. The smallest absolute Gasteiger partial charge is 0.319 e. The van der Waals surface area contributed by atoms with Crippen LogP contribution in [0.2, 0.25) is 0 Å². The predicted octanol–water partition coefficient (Wildman–Crippen LogP) is 4.41. The fraction of sp³-hybridized carbons (Fsp3) is 0.364. The zero-order valence-corrected chi connectivity index (χ0v) is 16.5. The highest BCUT2D eigenvalue weighted by molar-refractivity contribution is 5.92. The van der Waals surface area contributed by atoms with Gasteiger partial charge in [-0.05, 0) is 42.0 Å². The van der Waals surface area contributed by atoms with Gasteiger partial charge in [0.15, 0.2) is 0 Å². The molecule has 0 radical (unpaired) electrons. The SMILES string of the molecule is Cc1cccc(NC(=O)NCC(=O)NC(CC(C)(C)C)c2ccccc2)c1. The second kappa shape index (κ2) is 9.21. The van der Waals surface area contributed by atoms with Crippen LogP contribution in [0.25, 0.3) is 0 Å². The van der Waals surface area contributed by atoms with Crippen molar-refractivity contribution in [2.75, 3.05) is 11.9 Å². The van der Waals surface area contributed by atoms with Crippen molar-refractivity contribution >= 4 is 17.6 Å². The molecular weight excluding hydrogens is 338 g/mol. The fourth-order valence-corrected chi connectivity index (χ4v) is 2.85. The Morgan fingerprint density at radius 1 is 1.00 bits per heavy atom. The summed E-state index contributed by atoms with van der Waals surface area (Å²) in [5.41, 5.74) is 2.87. The molecule has 144 valence electrons. The Hall–Kier alpha value is -2.82. The largest absolute Gasteiger partial charge is 0.348 e. The number of carbonyl (C=O) groups is 2. The summed E-state index contributed by atoms with van der Waals surface area (Å²) >= 11 is 0. The van der Waals surface area contributed by atoms with Gasteiger partial charge in [0.1, 0.15) is 0 Å². The maximum atomic E-state index is 12.4. The molecule has 2 rings (SSSR count). The molecule has 0 heterocycles. The van der Waals surface area contributed by atoms with E-state index in [1.54, 1.807) is 6.07 Å². The zero-order valence-electron chi connectivity index (χ0n) is 16.5. The van der Waals surface area contributed by atoms with Gasteiger partial charge >= 0.3 is 6.03 Å². The number of rotatable bonds is 6. The van der Waals surface area contributed by atoms with Gasteiger partial charge in [0.05, 0.1) is 12.6 Å². The lowest BCUT2D eigenvalue weighted by atomic mass is 9.85. The lowest BCUT2D eigenvalue weighted by Gasteiger charge is -2.27. The van der Waals surface area contributed by atoms with Gasteiger partial charge < -0.3 is 16.0 Å². The number of hydrogen-bond donors (Lipinski definition) is 3. The first-order chi connectivity index (χ1) is 12.7. The molecule has 0 saturated heterocycles. The Balaban J connectivity index is 1.90. The minimum absolute atomic E-state index is 0.0593. The molecule has 0 aromatic heterocycles. The fourth-order valence-electron chi connectivity index (χ4n) is 2.85. The standard InChI is InChI=1S/C22H29N3O2/c1-16-9-8-12-18(13-16)24-21(27)23-15-20(26)25-19(14-22(2,3)4)17-10-6-5-7-11-17/h5-13,19H,14-15H2,1-4H3,(H,25,26)(H2,23,24,27). The van der Waals surface area contributed by atoms with Crippen molar-refractivity contribution in [1.82, 2.24) is 10.6 Å². The van der Waals surface area contributed by atoms with Crippen LogP contribution < -0.4 is 16.0 Å². The van der Waals surface area contributed by atoms with Gasteiger partial charge in [0.25, 0.3) is 0 Å². The van der Waals surface area contributed by atoms with Gasteiger partial charge in [-0.25, -0.2) is 4.79 Å². The Kier molecular flexibility index (Phi) is 6.99. The van der Waals surface area contributed by atoms with Crippen LogP contribution in [0.15, 0.2) is 54.6 Å². The summed E-state index contributed by atoms with van der Waals surface area (Å²) in [4.78, 5) is 24.4. The monoisotopic (exact) mass is 367 g/mol. The summed E-state index contributed by atoms with van der Waals surface area (Å²) in [7, 11) is 0. The lowest BCUT2D eigenvalue weighted by Crippen LogP contribution is -2.41. The average Bonchev–Trinajstić information content (AvgIpc) is 2.59. The first-order valence-corrected chi connectivity index (χ1v) is 9.19. The molecule has 0 saturated carbocycles. The quantitative estimate of drug-likeness (QED) is 0.708. The van der Waals surface area contributed by atoms with Crippen molar-refractivity contribution in [1.29, 1.82) is 0 Å². The van der Waals surface area contributed by atoms with E-state index in [0.717, 1.165) is 17.5 Å². The summed E-state index contributed by atoms with van der Waals surface area (Å²) < 4.78 is 0. The molecule has 1 unspecified atom stereocenters. The topological polar surface area (TPSA) is 70.2 Å². The molecule has 3 amide bonds. The molecule has 5 heteroatoms. The van der Waals surface area contributed by atoms with Gasteiger partial charge in [-0.15, -0.1) is 0 Å². The van der Waals surface area contributed by atoms with Crippen LogP contribution in [0.5, 0.6) is 0 Å². The van der Waals surface area contributed by atoms with Gasteiger partial charge in [0.2, 0.25) is 5.91 Å². The predicted molar refractivity (Wildman–Crippen MR) is 110 cm³/mol. The summed E-state index contributed by atoms with van der Waals surface area (Å²) in [5.74, 6) is -0.215. The van der Waals surface area contributed by atoms with Crippen LogP contribution >= 0.6 is 0 Å². The van der Waals surface area contributed by atoms with Crippen LogP contribution in [0.4, 0.5) is 10.5 Å². The van der Waals surface area contributed by atoms with Crippen molar-refractivity contribution in [3.63, 3.8) is 0 Å². The van der Waals surface area contributed by atoms with E-state index in [1.165, 1.54) is 0 Å². The van der Waals surface area contributed by atoms with Crippen LogP contribution in [0.3, 0.4) is 0 Å². The highest BCUT2D eigenvalue weighted by atomic mass is 16.2. The molecule has 0 aliphatic rings. The maximum Gasteiger partial charge on any atom is 0.319 e. The normalized spacial score (nSPS) is 12.1. The number of amides is 3.